The van der Waals surface area contributed by atoms with E-state index in [9.17, 15) is 15.4 Å². The molecule has 19 heavy (non-hydrogen) atoms. The molecule has 1 aromatic carbocycles. The quantitative estimate of drug-likeness (QED) is 0.616. The van der Waals surface area contributed by atoms with Crippen molar-refractivity contribution in [1.82, 2.24) is 0 Å². The van der Waals surface area contributed by atoms with Crippen LogP contribution in [0.1, 0.15) is 24.8 Å². The molecule has 1 aromatic rings. The Morgan fingerprint density at radius 3 is 2.95 bits per heavy atom. The standard InChI is InChI=1S/C14H14N2O3/c15-9-14(8-12-4-5-13(14)19-12)7-10-2-1-3-11(6-10)16(17)18/h1-3,6,12-13H,4-5,7-8H2. The minimum atomic E-state index is -0.502. The molecule has 2 aliphatic rings. The lowest BCUT2D eigenvalue weighted by Gasteiger charge is -2.28. The van der Waals surface area contributed by atoms with E-state index in [0.717, 1.165) is 24.8 Å². The molecule has 0 radical (unpaired) electrons. The number of benzene rings is 1. The molecular weight excluding hydrogens is 244 g/mol. The van der Waals surface area contributed by atoms with Crippen molar-refractivity contribution in [2.24, 2.45) is 5.41 Å². The monoisotopic (exact) mass is 258 g/mol. The van der Waals surface area contributed by atoms with Gasteiger partial charge in [-0.1, -0.05) is 12.1 Å². The van der Waals surface area contributed by atoms with Gasteiger partial charge in [0.25, 0.3) is 5.69 Å². The van der Waals surface area contributed by atoms with Gasteiger partial charge in [-0.3, -0.25) is 10.1 Å². The van der Waals surface area contributed by atoms with E-state index in [4.69, 9.17) is 4.74 Å². The first kappa shape index (κ1) is 12.1. The third kappa shape index (κ3) is 1.98. The number of nitro groups is 1. The van der Waals surface area contributed by atoms with Crippen molar-refractivity contribution in [3.8, 4) is 6.07 Å². The Hall–Kier alpha value is -1.93. The highest BCUT2D eigenvalue weighted by Gasteiger charge is 2.52. The summed E-state index contributed by atoms with van der Waals surface area (Å²) in [6, 6.07) is 8.96. The summed E-state index contributed by atoms with van der Waals surface area (Å²) in [5.41, 5.74) is 0.416. The molecule has 3 atom stereocenters. The summed E-state index contributed by atoms with van der Waals surface area (Å²) >= 11 is 0. The fourth-order valence-electron chi connectivity index (χ4n) is 3.29. The van der Waals surface area contributed by atoms with E-state index in [-0.39, 0.29) is 17.9 Å². The van der Waals surface area contributed by atoms with Gasteiger partial charge < -0.3 is 4.74 Å². The van der Waals surface area contributed by atoms with Crippen LogP contribution >= 0.6 is 0 Å². The first-order chi connectivity index (χ1) is 9.13. The largest absolute Gasteiger partial charge is 0.373 e. The minimum absolute atomic E-state index is 0.0123. The van der Waals surface area contributed by atoms with E-state index in [1.54, 1.807) is 12.1 Å². The van der Waals surface area contributed by atoms with Crippen LogP contribution in [-0.2, 0) is 11.2 Å². The number of non-ortho nitro benzene ring substituents is 1. The van der Waals surface area contributed by atoms with E-state index >= 15 is 0 Å². The van der Waals surface area contributed by atoms with Gasteiger partial charge >= 0.3 is 0 Å². The molecular formula is C14H14N2O3. The zero-order valence-electron chi connectivity index (χ0n) is 10.4. The van der Waals surface area contributed by atoms with Gasteiger partial charge in [0.2, 0.25) is 0 Å². The summed E-state index contributed by atoms with van der Waals surface area (Å²) in [5, 5.41) is 20.3. The van der Waals surface area contributed by atoms with Crippen LogP contribution in [0.15, 0.2) is 24.3 Å². The maximum absolute atomic E-state index is 10.8. The van der Waals surface area contributed by atoms with Crippen LogP contribution in [0, 0.1) is 26.9 Å². The molecule has 5 heteroatoms. The molecule has 3 rings (SSSR count). The SMILES string of the molecule is N#CC1(Cc2cccc([N+](=O)[O-])c2)CC2CCC1O2. The average Bonchev–Trinajstić information content (AvgIpc) is 3.00. The van der Waals surface area contributed by atoms with Gasteiger partial charge in [0.05, 0.1) is 28.6 Å². The van der Waals surface area contributed by atoms with Crippen molar-refractivity contribution in [2.45, 2.75) is 37.9 Å². The summed E-state index contributed by atoms with van der Waals surface area (Å²) < 4.78 is 5.77. The van der Waals surface area contributed by atoms with Crippen LogP contribution in [0.2, 0.25) is 0 Å². The second-order valence-corrected chi connectivity index (χ2v) is 5.40. The predicted molar refractivity (Wildman–Crippen MR) is 67.4 cm³/mol. The van der Waals surface area contributed by atoms with Crippen molar-refractivity contribution in [1.29, 1.82) is 5.26 Å². The maximum atomic E-state index is 10.8. The Labute approximate surface area is 110 Å². The van der Waals surface area contributed by atoms with E-state index in [0.29, 0.717) is 6.42 Å². The molecule has 0 spiro atoms. The third-order valence-electron chi connectivity index (χ3n) is 4.18. The van der Waals surface area contributed by atoms with E-state index in [2.05, 4.69) is 6.07 Å². The van der Waals surface area contributed by atoms with Gasteiger partial charge in [0.1, 0.15) is 0 Å². The molecule has 5 nitrogen and oxygen atoms in total. The highest BCUT2D eigenvalue weighted by Crippen LogP contribution is 2.49. The second-order valence-electron chi connectivity index (χ2n) is 5.40. The zero-order valence-corrected chi connectivity index (χ0v) is 10.4. The zero-order chi connectivity index (χ0) is 13.5. The molecule has 3 unspecified atom stereocenters. The van der Waals surface area contributed by atoms with Crippen LogP contribution in [-0.4, -0.2) is 17.1 Å². The number of fused-ring (bicyclic) bond motifs is 2. The first-order valence-corrected chi connectivity index (χ1v) is 6.43. The third-order valence-corrected chi connectivity index (χ3v) is 4.18. The van der Waals surface area contributed by atoms with Gasteiger partial charge in [-0.25, -0.2) is 0 Å². The number of nitrogens with zero attached hydrogens (tertiary/aromatic N) is 2. The molecule has 0 N–H and O–H groups in total. The number of hydrogen-bond donors (Lipinski definition) is 0. The second kappa shape index (κ2) is 4.32. The summed E-state index contributed by atoms with van der Waals surface area (Å²) in [6.45, 7) is 0. The van der Waals surface area contributed by atoms with E-state index < -0.39 is 10.3 Å². The summed E-state index contributed by atoms with van der Waals surface area (Å²) in [5.74, 6) is 0. The predicted octanol–water partition coefficient (Wildman–Crippen LogP) is 2.60. The average molecular weight is 258 g/mol. The Kier molecular flexibility index (Phi) is 2.76. The van der Waals surface area contributed by atoms with Crippen LogP contribution in [0.4, 0.5) is 5.69 Å². The van der Waals surface area contributed by atoms with Crippen LogP contribution in [0.3, 0.4) is 0 Å². The topological polar surface area (TPSA) is 76.2 Å². The molecule has 2 fully saturated rings. The molecule has 0 saturated carbocycles. The lowest BCUT2D eigenvalue weighted by molar-refractivity contribution is -0.384. The summed E-state index contributed by atoms with van der Waals surface area (Å²) in [7, 11) is 0. The molecule has 0 aliphatic carbocycles. The molecule has 98 valence electrons. The molecule has 0 aromatic heterocycles. The van der Waals surface area contributed by atoms with Crippen molar-refractivity contribution < 1.29 is 9.66 Å². The van der Waals surface area contributed by atoms with E-state index in [1.807, 2.05) is 6.07 Å². The normalized spacial score (nSPS) is 32.2. The first-order valence-electron chi connectivity index (χ1n) is 6.43. The molecule has 0 amide bonds. The van der Waals surface area contributed by atoms with Gasteiger partial charge in [-0.15, -0.1) is 0 Å². The highest BCUT2D eigenvalue weighted by molar-refractivity contribution is 5.36. The van der Waals surface area contributed by atoms with Crippen molar-refractivity contribution in [3.05, 3.63) is 39.9 Å². The van der Waals surface area contributed by atoms with Gasteiger partial charge in [-0.05, 0) is 31.2 Å². The number of ether oxygens (including phenoxy) is 1. The molecule has 2 saturated heterocycles. The van der Waals surface area contributed by atoms with Gasteiger partial charge in [0.15, 0.2) is 0 Å². The van der Waals surface area contributed by atoms with Crippen molar-refractivity contribution >= 4 is 5.69 Å². The Morgan fingerprint density at radius 1 is 1.53 bits per heavy atom. The molecule has 2 bridgehead atoms. The van der Waals surface area contributed by atoms with Crippen molar-refractivity contribution in [2.75, 3.05) is 0 Å². The fourth-order valence-corrected chi connectivity index (χ4v) is 3.29. The van der Waals surface area contributed by atoms with Gasteiger partial charge in [0, 0.05) is 12.1 Å². The number of nitro benzene ring substituents is 1. The number of nitriles is 1. The fraction of sp³-hybridized carbons (Fsp3) is 0.500. The van der Waals surface area contributed by atoms with Crippen LogP contribution in [0.25, 0.3) is 0 Å². The Balaban J connectivity index is 1.86. The lowest BCUT2D eigenvalue weighted by atomic mass is 9.71. The van der Waals surface area contributed by atoms with Crippen molar-refractivity contribution in [3.63, 3.8) is 0 Å². The van der Waals surface area contributed by atoms with Gasteiger partial charge in [-0.2, -0.15) is 5.26 Å². The maximum Gasteiger partial charge on any atom is 0.269 e. The molecule has 2 heterocycles. The lowest BCUT2D eigenvalue weighted by Crippen LogP contribution is -2.33. The number of hydrogen-bond acceptors (Lipinski definition) is 4. The number of rotatable bonds is 3. The summed E-state index contributed by atoms with van der Waals surface area (Å²) in [4.78, 5) is 10.4. The minimum Gasteiger partial charge on any atom is -0.373 e. The van der Waals surface area contributed by atoms with E-state index in [1.165, 1.54) is 6.07 Å². The smallest absolute Gasteiger partial charge is 0.269 e. The Morgan fingerprint density at radius 2 is 2.37 bits per heavy atom. The van der Waals surface area contributed by atoms with Crippen LogP contribution < -0.4 is 0 Å². The Bertz CT molecular complexity index is 566. The molecule has 2 aliphatic heterocycles. The highest BCUT2D eigenvalue weighted by atomic mass is 16.6. The summed E-state index contributed by atoms with van der Waals surface area (Å²) in [6.07, 6.45) is 3.42. The van der Waals surface area contributed by atoms with Crippen LogP contribution in [0.5, 0.6) is 0 Å².